The van der Waals surface area contributed by atoms with E-state index in [0.717, 1.165) is 5.56 Å². The number of benzene rings is 1. The Morgan fingerprint density at radius 3 is 2.19 bits per heavy atom. The topological polar surface area (TPSA) is 82.6 Å². The van der Waals surface area contributed by atoms with Crippen LogP contribution in [0.2, 0.25) is 0 Å². The molecule has 3 rings (SSSR count). The summed E-state index contributed by atoms with van der Waals surface area (Å²) < 4.78 is 0. The Kier molecular flexibility index (Phi) is 5.80. The molecule has 0 aliphatic carbocycles. The minimum absolute atomic E-state index is 0.0312. The second kappa shape index (κ2) is 8.44. The highest BCUT2D eigenvalue weighted by atomic mass is 16.2. The van der Waals surface area contributed by atoms with Crippen molar-refractivity contribution in [1.82, 2.24) is 20.1 Å². The number of nitrogens with one attached hydrogen (secondary N) is 1. The number of carbonyl (C=O) groups excluding carboxylic acids is 3. The monoisotopic (exact) mass is 366 g/mol. The largest absolute Gasteiger partial charge is 0.348 e. The van der Waals surface area contributed by atoms with E-state index in [1.807, 2.05) is 12.1 Å². The predicted molar refractivity (Wildman–Crippen MR) is 100 cm³/mol. The number of hydrogen-bond acceptors (Lipinski definition) is 4. The number of rotatable bonds is 4. The lowest BCUT2D eigenvalue weighted by Gasteiger charge is -2.34. The Morgan fingerprint density at radius 1 is 0.963 bits per heavy atom. The average molecular weight is 366 g/mol. The quantitative estimate of drug-likeness (QED) is 0.885. The van der Waals surface area contributed by atoms with Crippen molar-refractivity contribution in [3.8, 4) is 0 Å². The Hall–Kier alpha value is -3.22. The highest BCUT2D eigenvalue weighted by molar-refractivity contribution is 5.97. The first-order chi connectivity index (χ1) is 13.0. The van der Waals surface area contributed by atoms with Crippen LogP contribution in [0.5, 0.6) is 0 Å². The van der Waals surface area contributed by atoms with Gasteiger partial charge in [0.25, 0.3) is 11.8 Å². The molecule has 27 heavy (non-hydrogen) atoms. The summed E-state index contributed by atoms with van der Waals surface area (Å²) in [6.45, 7) is 4.08. The van der Waals surface area contributed by atoms with E-state index in [0.29, 0.717) is 43.9 Å². The third kappa shape index (κ3) is 4.69. The third-order valence-electron chi connectivity index (χ3n) is 4.58. The molecule has 2 aromatic rings. The molecule has 1 fully saturated rings. The maximum absolute atomic E-state index is 12.6. The molecule has 1 N–H and O–H groups in total. The Morgan fingerprint density at radius 2 is 1.59 bits per heavy atom. The smallest absolute Gasteiger partial charge is 0.253 e. The van der Waals surface area contributed by atoms with Crippen LogP contribution in [0, 0.1) is 0 Å². The average Bonchev–Trinajstić information content (AvgIpc) is 2.72. The summed E-state index contributed by atoms with van der Waals surface area (Å²) in [5.74, 6) is -0.253. The fraction of sp³-hybridized carbons (Fsp3) is 0.300. The van der Waals surface area contributed by atoms with Crippen molar-refractivity contribution < 1.29 is 14.4 Å². The molecule has 1 aromatic heterocycles. The van der Waals surface area contributed by atoms with Crippen LogP contribution in [-0.2, 0) is 11.3 Å². The molecule has 7 nitrogen and oxygen atoms in total. The number of pyridine rings is 1. The molecule has 0 radical (unpaired) electrons. The summed E-state index contributed by atoms with van der Waals surface area (Å²) in [5, 5.41) is 2.83. The first-order valence-electron chi connectivity index (χ1n) is 8.86. The zero-order chi connectivity index (χ0) is 19.2. The van der Waals surface area contributed by atoms with E-state index >= 15 is 0 Å². The summed E-state index contributed by atoms with van der Waals surface area (Å²) >= 11 is 0. The van der Waals surface area contributed by atoms with E-state index in [-0.39, 0.29) is 17.7 Å². The zero-order valence-corrected chi connectivity index (χ0v) is 15.2. The van der Waals surface area contributed by atoms with Gasteiger partial charge in [-0.1, -0.05) is 6.07 Å². The number of carbonyl (C=O) groups is 3. The van der Waals surface area contributed by atoms with Crippen molar-refractivity contribution in [3.05, 3.63) is 65.5 Å². The van der Waals surface area contributed by atoms with E-state index in [4.69, 9.17) is 0 Å². The van der Waals surface area contributed by atoms with Crippen molar-refractivity contribution in [2.45, 2.75) is 13.5 Å². The van der Waals surface area contributed by atoms with E-state index < -0.39 is 0 Å². The van der Waals surface area contributed by atoms with Crippen LogP contribution >= 0.6 is 0 Å². The molecule has 0 spiro atoms. The van der Waals surface area contributed by atoms with Gasteiger partial charge in [-0.25, -0.2) is 0 Å². The van der Waals surface area contributed by atoms with Gasteiger partial charge in [0, 0.05) is 63.2 Å². The zero-order valence-electron chi connectivity index (χ0n) is 15.2. The maximum atomic E-state index is 12.6. The number of piperazine rings is 1. The fourth-order valence-electron chi connectivity index (χ4n) is 2.96. The van der Waals surface area contributed by atoms with E-state index in [9.17, 15) is 14.4 Å². The normalized spacial score (nSPS) is 14.0. The highest BCUT2D eigenvalue weighted by Crippen LogP contribution is 2.11. The number of amides is 3. The summed E-state index contributed by atoms with van der Waals surface area (Å²) in [6.07, 6.45) is 3.38. The van der Waals surface area contributed by atoms with E-state index in [2.05, 4.69) is 10.3 Å². The molecule has 1 saturated heterocycles. The van der Waals surface area contributed by atoms with Gasteiger partial charge in [-0.05, 0) is 35.9 Å². The summed E-state index contributed by atoms with van der Waals surface area (Å²) in [4.78, 5) is 43.7. The second-order valence-corrected chi connectivity index (χ2v) is 6.42. The molecule has 1 aliphatic rings. The molecule has 1 aliphatic heterocycles. The lowest BCUT2D eigenvalue weighted by Crippen LogP contribution is -2.50. The van der Waals surface area contributed by atoms with Crippen molar-refractivity contribution in [3.63, 3.8) is 0 Å². The van der Waals surface area contributed by atoms with Gasteiger partial charge in [0.15, 0.2) is 0 Å². The molecule has 0 bridgehead atoms. The number of hydrogen-bond donors (Lipinski definition) is 1. The first kappa shape index (κ1) is 18.6. The van der Waals surface area contributed by atoms with Crippen molar-refractivity contribution in [1.29, 1.82) is 0 Å². The molecule has 0 atom stereocenters. The third-order valence-corrected chi connectivity index (χ3v) is 4.58. The minimum atomic E-state index is -0.201. The van der Waals surface area contributed by atoms with Crippen LogP contribution in [0.3, 0.4) is 0 Å². The molecule has 140 valence electrons. The molecular weight excluding hydrogens is 344 g/mol. The van der Waals surface area contributed by atoms with Gasteiger partial charge in [-0.3, -0.25) is 19.4 Å². The predicted octanol–water partition coefficient (Wildman–Crippen LogP) is 1.32. The fourth-order valence-corrected chi connectivity index (χ4v) is 2.96. The minimum Gasteiger partial charge on any atom is -0.348 e. The molecule has 1 aromatic carbocycles. The van der Waals surface area contributed by atoms with Crippen molar-refractivity contribution in [2.75, 3.05) is 26.2 Å². The molecule has 3 amide bonds. The van der Waals surface area contributed by atoms with Crippen LogP contribution in [0.1, 0.15) is 33.2 Å². The van der Waals surface area contributed by atoms with E-state index in [1.54, 1.807) is 46.5 Å². The van der Waals surface area contributed by atoms with Crippen LogP contribution in [0.25, 0.3) is 0 Å². The Labute approximate surface area is 158 Å². The van der Waals surface area contributed by atoms with Crippen molar-refractivity contribution >= 4 is 17.7 Å². The lowest BCUT2D eigenvalue weighted by atomic mass is 10.1. The van der Waals surface area contributed by atoms with E-state index in [1.165, 1.54) is 6.92 Å². The Bertz CT molecular complexity index is 813. The highest BCUT2D eigenvalue weighted by Gasteiger charge is 2.23. The molecular formula is C20H22N4O3. The van der Waals surface area contributed by atoms with Crippen LogP contribution in [0.15, 0.2) is 48.8 Å². The summed E-state index contributed by atoms with van der Waals surface area (Å²) in [6, 6.07) is 10.3. The molecule has 0 unspecified atom stereocenters. The molecule has 2 heterocycles. The van der Waals surface area contributed by atoms with Gasteiger partial charge in [0.05, 0.1) is 0 Å². The van der Waals surface area contributed by atoms with Gasteiger partial charge in [-0.2, -0.15) is 0 Å². The molecule has 0 saturated carbocycles. The lowest BCUT2D eigenvalue weighted by molar-refractivity contribution is -0.130. The summed E-state index contributed by atoms with van der Waals surface area (Å²) in [5.41, 5.74) is 1.95. The van der Waals surface area contributed by atoms with Crippen LogP contribution in [-0.4, -0.2) is 58.7 Å². The molecule has 7 heteroatoms. The number of aromatic nitrogens is 1. The van der Waals surface area contributed by atoms with Gasteiger partial charge >= 0.3 is 0 Å². The standard InChI is InChI=1S/C20H22N4O3/c1-15(25)23-9-11-24(12-10-23)20(27)18-6-4-17(5-7-18)19(26)22-14-16-3-2-8-21-13-16/h2-8,13H,9-12,14H2,1H3,(H,22,26). The second-order valence-electron chi connectivity index (χ2n) is 6.42. The maximum Gasteiger partial charge on any atom is 0.253 e. The van der Waals surface area contributed by atoms with Crippen LogP contribution < -0.4 is 5.32 Å². The van der Waals surface area contributed by atoms with Gasteiger partial charge in [-0.15, -0.1) is 0 Å². The number of nitrogens with zero attached hydrogens (tertiary/aromatic N) is 3. The SMILES string of the molecule is CC(=O)N1CCN(C(=O)c2ccc(C(=O)NCc3cccnc3)cc2)CC1. The van der Waals surface area contributed by atoms with Crippen LogP contribution in [0.4, 0.5) is 0 Å². The Balaban J connectivity index is 1.56. The first-order valence-corrected chi connectivity index (χ1v) is 8.86. The van der Waals surface area contributed by atoms with Gasteiger partial charge < -0.3 is 15.1 Å². The summed E-state index contributed by atoms with van der Waals surface area (Å²) in [7, 11) is 0. The van der Waals surface area contributed by atoms with Gasteiger partial charge in [0.1, 0.15) is 0 Å². The van der Waals surface area contributed by atoms with Crippen molar-refractivity contribution in [2.24, 2.45) is 0 Å². The van der Waals surface area contributed by atoms with Gasteiger partial charge in [0.2, 0.25) is 5.91 Å².